The molecule has 0 unspecified atom stereocenters. The van der Waals surface area contributed by atoms with Crippen LogP contribution in [-0.4, -0.2) is 38.5 Å². The van der Waals surface area contributed by atoms with Crippen LogP contribution in [-0.2, 0) is 4.79 Å². The van der Waals surface area contributed by atoms with Gasteiger partial charge in [0.2, 0.25) is 5.91 Å². The molecule has 24 heavy (non-hydrogen) atoms. The summed E-state index contributed by atoms with van der Waals surface area (Å²) < 4.78 is 0. The lowest BCUT2D eigenvalue weighted by Gasteiger charge is -2.28. The van der Waals surface area contributed by atoms with Gasteiger partial charge in [-0.05, 0) is 37.5 Å². The molecule has 1 aliphatic carbocycles. The number of likely N-dealkylation sites (N-methyl/N-ethyl adjacent to an activating group) is 1. The molecule has 2 rings (SSSR count). The molecule has 0 bridgehead atoms. The van der Waals surface area contributed by atoms with Gasteiger partial charge in [-0.25, -0.2) is 0 Å². The lowest BCUT2D eigenvalue weighted by atomic mass is 10.0. The molecule has 0 spiro atoms. The SMILES string of the molecule is C=C(CNC(=O)c1cccc(N(C)C2CCCC2)c1C)C(=O)NC. The molecule has 5 nitrogen and oxygen atoms in total. The summed E-state index contributed by atoms with van der Waals surface area (Å²) in [4.78, 5) is 26.2. The molecule has 2 amide bonds. The molecule has 130 valence electrons. The van der Waals surface area contributed by atoms with Gasteiger partial charge in [-0.1, -0.05) is 25.5 Å². The van der Waals surface area contributed by atoms with E-state index in [1.165, 1.54) is 25.7 Å². The lowest BCUT2D eigenvalue weighted by Crippen LogP contribution is -2.32. The molecule has 1 fully saturated rings. The third kappa shape index (κ3) is 3.96. The Morgan fingerprint density at radius 1 is 1.29 bits per heavy atom. The van der Waals surface area contributed by atoms with Crippen molar-refractivity contribution in [3.8, 4) is 0 Å². The number of rotatable bonds is 6. The van der Waals surface area contributed by atoms with E-state index in [1.54, 1.807) is 7.05 Å². The molecule has 1 aliphatic rings. The standard InChI is InChI=1S/C19H27N3O2/c1-13(18(23)20-3)12-21-19(24)16-10-7-11-17(14(16)2)22(4)15-8-5-6-9-15/h7,10-11,15H,1,5-6,8-9,12H2,2-4H3,(H,20,23)(H,21,24). The molecule has 0 aromatic heterocycles. The maximum Gasteiger partial charge on any atom is 0.251 e. The molecule has 0 saturated heterocycles. The Balaban J connectivity index is 2.10. The van der Waals surface area contributed by atoms with E-state index < -0.39 is 0 Å². The van der Waals surface area contributed by atoms with Crippen LogP contribution in [0.3, 0.4) is 0 Å². The Bertz CT molecular complexity index is 633. The first kappa shape index (κ1) is 18.0. The van der Waals surface area contributed by atoms with E-state index in [1.807, 2.05) is 19.1 Å². The van der Waals surface area contributed by atoms with Crippen LogP contribution in [0, 0.1) is 6.92 Å². The zero-order valence-electron chi connectivity index (χ0n) is 14.8. The molecule has 1 saturated carbocycles. The van der Waals surface area contributed by atoms with Gasteiger partial charge in [-0.2, -0.15) is 0 Å². The van der Waals surface area contributed by atoms with Crippen molar-refractivity contribution in [1.29, 1.82) is 0 Å². The molecule has 1 aromatic carbocycles. The van der Waals surface area contributed by atoms with Crippen molar-refractivity contribution in [2.24, 2.45) is 0 Å². The summed E-state index contributed by atoms with van der Waals surface area (Å²) in [6.45, 7) is 5.79. The maximum absolute atomic E-state index is 12.5. The van der Waals surface area contributed by atoms with Crippen LogP contribution < -0.4 is 15.5 Å². The summed E-state index contributed by atoms with van der Waals surface area (Å²) in [7, 11) is 3.65. The lowest BCUT2D eigenvalue weighted by molar-refractivity contribution is -0.117. The predicted molar refractivity (Wildman–Crippen MR) is 97.4 cm³/mol. The number of carbonyl (C=O) groups excluding carboxylic acids is 2. The highest BCUT2D eigenvalue weighted by Crippen LogP contribution is 2.30. The summed E-state index contributed by atoms with van der Waals surface area (Å²) >= 11 is 0. The van der Waals surface area contributed by atoms with E-state index in [0.29, 0.717) is 17.2 Å². The van der Waals surface area contributed by atoms with Crippen LogP contribution in [0.4, 0.5) is 5.69 Å². The molecule has 0 aliphatic heterocycles. The minimum Gasteiger partial charge on any atom is -0.371 e. The fourth-order valence-electron chi connectivity index (χ4n) is 3.28. The van der Waals surface area contributed by atoms with Gasteiger partial charge in [0.05, 0.1) is 0 Å². The van der Waals surface area contributed by atoms with Crippen molar-refractivity contribution in [1.82, 2.24) is 10.6 Å². The summed E-state index contributed by atoms with van der Waals surface area (Å²) in [6.07, 6.45) is 4.96. The van der Waals surface area contributed by atoms with Crippen LogP contribution in [0.25, 0.3) is 0 Å². The summed E-state index contributed by atoms with van der Waals surface area (Å²) in [5.74, 6) is -0.444. The Hall–Kier alpha value is -2.30. The number of nitrogens with one attached hydrogen (secondary N) is 2. The van der Waals surface area contributed by atoms with Crippen molar-refractivity contribution < 1.29 is 9.59 Å². The van der Waals surface area contributed by atoms with E-state index in [2.05, 4.69) is 35.2 Å². The third-order valence-electron chi connectivity index (χ3n) is 4.81. The summed E-state index contributed by atoms with van der Waals surface area (Å²) in [5, 5.41) is 5.27. The smallest absolute Gasteiger partial charge is 0.251 e. The van der Waals surface area contributed by atoms with Gasteiger partial charge < -0.3 is 15.5 Å². The van der Waals surface area contributed by atoms with Crippen LogP contribution >= 0.6 is 0 Å². The molecule has 0 heterocycles. The molecule has 0 radical (unpaired) electrons. The number of hydrogen-bond acceptors (Lipinski definition) is 3. The van der Waals surface area contributed by atoms with Crippen LogP contribution in [0.15, 0.2) is 30.4 Å². The fraction of sp³-hybridized carbons (Fsp3) is 0.474. The Morgan fingerprint density at radius 2 is 1.96 bits per heavy atom. The number of nitrogens with zero attached hydrogens (tertiary/aromatic N) is 1. The molecular formula is C19H27N3O2. The molecular weight excluding hydrogens is 302 g/mol. The molecule has 1 aromatic rings. The Kier molecular flexibility index (Phi) is 6.01. The number of anilines is 1. The normalized spacial score (nSPS) is 14.3. The highest BCUT2D eigenvalue weighted by molar-refractivity contribution is 5.99. The number of amides is 2. The van der Waals surface area contributed by atoms with Gasteiger partial charge in [0.15, 0.2) is 0 Å². The minimum absolute atomic E-state index is 0.140. The zero-order chi connectivity index (χ0) is 17.7. The number of carbonyl (C=O) groups is 2. The van der Waals surface area contributed by atoms with E-state index >= 15 is 0 Å². The minimum atomic E-state index is -0.262. The zero-order valence-corrected chi connectivity index (χ0v) is 14.8. The predicted octanol–water partition coefficient (Wildman–Crippen LogP) is 2.41. The second-order valence-electron chi connectivity index (χ2n) is 6.36. The second-order valence-corrected chi connectivity index (χ2v) is 6.36. The molecule has 2 N–H and O–H groups in total. The van der Waals surface area contributed by atoms with Gasteiger partial charge in [0.25, 0.3) is 5.91 Å². The highest BCUT2D eigenvalue weighted by atomic mass is 16.2. The van der Waals surface area contributed by atoms with Crippen molar-refractivity contribution in [2.75, 3.05) is 25.5 Å². The Labute approximate surface area is 144 Å². The van der Waals surface area contributed by atoms with E-state index in [-0.39, 0.29) is 18.4 Å². The summed E-state index contributed by atoms with van der Waals surface area (Å²) in [6, 6.07) is 6.35. The van der Waals surface area contributed by atoms with E-state index in [4.69, 9.17) is 0 Å². The molecule has 0 atom stereocenters. The van der Waals surface area contributed by atoms with Gasteiger partial charge in [0.1, 0.15) is 0 Å². The Morgan fingerprint density at radius 3 is 2.58 bits per heavy atom. The van der Waals surface area contributed by atoms with Crippen molar-refractivity contribution in [2.45, 2.75) is 38.6 Å². The first-order valence-electron chi connectivity index (χ1n) is 8.46. The fourth-order valence-corrected chi connectivity index (χ4v) is 3.28. The second kappa shape index (κ2) is 7.99. The van der Waals surface area contributed by atoms with Crippen molar-refractivity contribution >= 4 is 17.5 Å². The van der Waals surface area contributed by atoms with Crippen molar-refractivity contribution in [3.05, 3.63) is 41.5 Å². The first-order valence-corrected chi connectivity index (χ1v) is 8.46. The van der Waals surface area contributed by atoms with Crippen LogP contribution in [0.1, 0.15) is 41.6 Å². The van der Waals surface area contributed by atoms with Gasteiger partial charge in [-0.15, -0.1) is 0 Å². The van der Waals surface area contributed by atoms with Gasteiger partial charge in [-0.3, -0.25) is 9.59 Å². The number of hydrogen-bond donors (Lipinski definition) is 2. The van der Waals surface area contributed by atoms with Gasteiger partial charge in [0, 0.05) is 43.5 Å². The van der Waals surface area contributed by atoms with E-state index in [0.717, 1.165) is 11.3 Å². The monoisotopic (exact) mass is 329 g/mol. The van der Waals surface area contributed by atoms with Crippen molar-refractivity contribution in [3.63, 3.8) is 0 Å². The molecule has 5 heteroatoms. The number of benzene rings is 1. The highest BCUT2D eigenvalue weighted by Gasteiger charge is 2.22. The summed E-state index contributed by atoms with van der Waals surface area (Å²) in [5.41, 5.74) is 3.04. The largest absolute Gasteiger partial charge is 0.371 e. The topological polar surface area (TPSA) is 61.4 Å². The average molecular weight is 329 g/mol. The third-order valence-corrected chi connectivity index (χ3v) is 4.81. The van der Waals surface area contributed by atoms with Crippen LogP contribution in [0.2, 0.25) is 0 Å². The first-order chi connectivity index (χ1) is 11.5. The average Bonchev–Trinajstić information content (AvgIpc) is 3.12. The quantitative estimate of drug-likeness (QED) is 0.788. The maximum atomic E-state index is 12.5. The van der Waals surface area contributed by atoms with Crippen LogP contribution in [0.5, 0.6) is 0 Å². The van der Waals surface area contributed by atoms with Gasteiger partial charge >= 0.3 is 0 Å². The van der Waals surface area contributed by atoms with E-state index in [9.17, 15) is 9.59 Å².